The summed E-state index contributed by atoms with van der Waals surface area (Å²) >= 11 is 0. The number of aliphatic imine (C=N–C) groups is 1. The van der Waals surface area contributed by atoms with Gasteiger partial charge in [-0.1, -0.05) is 0 Å². The third-order valence-corrected chi connectivity index (χ3v) is 1.03. The Hall–Kier alpha value is -1.36. The lowest BCUT2D eigenvalue weighted by Gasteiger charge is -1.65. The van der Waals surface area contributed by atoms with Crippen molar-refractivity contribution in [2.24, 2.45) is 4.99 Å². The van der Waals surface area contributed by atoms with Crippen molar-refractivity contribution >= 4 is 5.71 Å². The normalized spacial score (nSPS) is 20.0. The van der Waals surface area contributed by atoms with Gasteiger partial charge in [0.1, 0.15) is 0 Å². The minimum Gasteiger partial charge on any atom is -0.250 e. The molecule has 0 aromatic heterocycles. The summed E-state index contributed by atoms with van der Waals surface area (Å²) in [5, 5.41) is 8.06. The zero-order valence-corrected chi connectivity index (χ0v) is 5.13. The largest absolute Gasteiger partial charge is 0.250 e. The third kappa shape index (κ3) is 1.54. The minimum absolute atomic E-state index is 1.00. The van der Waals surface area contributed by atoms with Crippen molar-refractivity contribution in [3.8, 4) is 6.07 Å². The summed E-state index contributed by atoms with van der Waals surface area (Å²) in [7, 11) is 0. The fraction of sp³-hybridized carbons (Fsp3) is 0.143. The molecule has 0 saturated heterocycles. The molecule has 0 saturated carbocycles. The van der Waals surface area contributed by atoms with Gasteiger partial charge in [-0.25, -0.2) is 4.99 Å². The fourth-order valence-electron chi connectivity index (χ4n) is 0.493. The highest BCUT2D eigenvalue weighted by Crippen LogP contribution is 2.14. The molecule has 2 heteroatoms. The van der Waals surface area contributed by atoms with E-state index >= 15 is 0 Å². The molecule has 44 valence electrons. The molecule has 0 unspecified atom stereocenters. The standard InChI is InChI=1S/C7H6N2/c1-6-7(9-6)4-2-3-5-8/h2-4H,1H3/b3-2-,7-4+. The number of nitriles is 1. The van der Waals surface area contributed by atoms with Crippen LogP contribution in [0.25, 0.3) is 0 Å². The third-order valence-electron chi connectivity index (χ3n) is 1.03. The first-order valence-corrected chi connectivity index (χ1v) is 2.66. The van der Waals surface area contributed by atoms with Crippen molar-refractivity contribution in [2.45, 2.75) is 6.92 Å². The maximum Gasteiger partial charge on any atom is 0.0912 e. The molecule has 2 nitrogen and oxygen atoms in total. The molecule has 0 aliphatic carbocycles. The first-order valence-electron chi connectivity index (χ1n) is 2.66. The Balaban J connectivity index is 2.39. The van der Waals surface area contributed by atoms with Crippen LogP contribution in [0.3, 0.4) is 0 Å². The lowest BCUT2D eigenvalue weighted by atomic mass is 10.4. The molecule has 0 spiro atoms. The Labute approximate surface area is 53.8 Å². The lowest BCUT2D eigenvalue weighted by Crippen LogP contribution is -1.62. The van der Waals surface area contributed by atoms with Crippen LogP contribution in [-0.4, -0.2) is 5.71 Å². The first-order chi connectivity index (χ1) is 4.34. The molecule has 1 aliphatic heterocycles. The van der Waals surface area contributed by atoms with Gasteiger partial charge >= 0.3 is 0 Å². The van der Waals surface area contributed by atoms with Crippen molar-refractivity contribution in [3.63, 3.8) is 0 Å². The Morgan fingerprint density at radius 3 is 2.78 bits per heavy atom. The van der Waals surface area contributed by atoms with Gasteiger partial charge in [0, 0.05) is 6.08 Å². The van der Waals surface area contributed by atoms with Crippen LogP contribution in [0, 0.1) is 11.3 Å². The summed E-state index contributed by atoms with van der Waals surface area (Å²) in [6.45, 7) is 1.94. The van der Waals surface area contributed by atoms with E-state index in [1.807, 2.05) is 19.1 Å². The van der Waals surface area contributed by atoms with Crippen LogP contribution in [-0.2, 0) is 0 Å². The maximum atomic E-state index is 8.06. The Bertz CT molecular complexity index is 238. The molecule has 0 bridgehead atoms. The topological polar surface area (TPSA) is 36.1 Å². The number of nitrogens with zero attached hydrogens (tertiary/aromatic N) is 2. The molecule has 0 amide bonds. The highest BCUT2D eigenvalue weighted by molar-refractivity contribution is 6.10. The SMILES string of the molecule is CC1=NC/1=C/C=C\C#N. The van der Waals surface area contributed by atoms with E-state index in [1.54, 1.807) is 6.08 Å². The summed E-state index contributed by atoms with van der Waals surface area (Å²) in [6.07, 6.45) is 4.93. The quantitative estimate of drug-likeness (QED) is 0.480. The van der Waals surface area contributed by atoms with E-state index < -0.39 is 0 Å². The van der Waals surface area contributed by atoms with Gasteiger partial charge in [0.05, 0.1) is 17.5 Å². The molecule has 0 aromatic rings. The monoisotopic (exact) mass is 118 g/mol. The van der Waals surface area contributed by atoms with Gasteiger partial charge in [-0.2, -0.15) is 5.26 Å². The van der Waals surface area contributed by atoms with Gasteiger partial charge in [-0.3, -0.25) is 0 Å². The first kappa shape index (κ1) is 5.77. The predicted octanol–water partition coefficient (Wildman–Crippen LogP) is 1.42. The van der Waals surface area contributed by atoms with E-state index in [4.69, 9.17) is 5.26 Å². The Kier molecular flexibility index (Phi) is 1.46. The van der Waals surface area contributed by atoms with Crippen LogP contribution in [0.1, 0.15) is 6.92 Å². The molecule has 0 aromatic carbocycles. The molecule has 0 N–H and O–H groups in total. The summed E-state index contributed by atoms with van der Waals surface area (Å²) in [5.41, 5.74) is 2.07. The van der Waals surface area contributed by atoms with Crippen LogP contribution < -0.4 is 0 Å². The van der Waals surface area contributed by atoms with Crippen LogP contribution >= 0.6 is 0 Å². The van der Waals surface area contributed by atoms with Gasteiger partial charge in [0.15, 0.2) is 0 Å². The highest BCUT2D eigenvalue weighted by Gasteiger charge is 2.09. The summed E-state index contributed by atoms with van der Waals surface area (Å²) < 4.78 is 0. The van der Waals surface area contributed by atoms with Crippen LogP contribution in [0.2, 0.25) is 0 Å². The second-order valence-corrected chi connectivity index (χ2v) is 1.74. The van der Waals surface area contributed by atoms with E-state index in [9.17, 15) is 0 Å². The predicted molar refractivity (Wildman–Crippen MR) is 35.9 cm³/mol. The number of allylic oxidation sites excluding steroid dienone is 4. The molecule has 0 atom stereocenters. The van der Waals surface area contributed by atoms with Gasteiger partial charge in [-0.15, -0.1) is 0 Å². The maximum absolute atomic E-state index is 8.06. The summed E-state index contributed by atoms with van der Waals surface area (Å²) in [4.78, 5) is 3.94. The minimum atomic E-state index is 1.00. The molecule has 1 rings (SSSR count). The fourth-order valence-corrected chi connectivity index (χ4v) is 0.493. The molecule has 0 fully saturated rings. The second-order valence-electron chi connectivity index (χ2n) is 1.74. The van der Waals surface area contributed by atoms with Gasteiger partial charge in [-0.05, 0) is 19.1 Å². The number of rotatable bonds is 1. The van der Waals surface area contributed by atoms with Crippen LogP contribution in [0.5, 0.6) is 0 Å². The molecule has 1 heterocycles. The molecular weight excluding hydrogens is 112 g/mol. The average molecular weight is 118 g/mol. The molecular formula is C7H6N2. The van der Waals surface area contributed by atoms with Crippen LogP contribution in [0.4, 0.5) is 0 Å². The smallest absolute Gasteiger partial charge is 0.0912 e. The van der Waals surface area contributed by atoms with Gasteiger partial charge in [0.25, 0.3) is 0 Å². The van der Waals surface area contributed by atoms with Crippen LogP contribution in [0.15, 0.2) is 28.9 Å². The van der Waals surface area contributed by atoms with Crippen molar-refractivity contribution in [1.29, 1.82) is 5.26 Å². The second kappa shape index (κ2) is 2.27. The van der Waals surface area contributed by atoms with Crippen molar-refractivity contribution in [3.05, 3.63) is 23.9 Å². The zero-order chi connectivity index (χ0) is 6.69. The number of hydrogen-bond acceptors (Lipinski definition) is 2. The van der Waals surface area contributed by atoms with Crippen molar-refractivity contribution < 1.29 is 0 Å². The Morgan fingerprint density at radius 1 is 1.67 bits per heavy atom. The number of hydrogen-bond donors (Lipinski definition) is 0. The van der Waals surface area contributed by atoms with E-state index in [-0.39, 0.29) is 0 Å². The molecule has 1 aliphatic rings. The van der Waals surface area contributed by atoms with E-state index in [2.05, 4.69) is 4.99 Å². The van der Waals surface area contributed by atoms with E-state index in [0.29, 0.717) is 0 Å². The van der Waals surface area contributed by atoms with Gasteiger partial charge in [0.2, 0.25) is 0 Å². The average Bonchev–Trinajstić information content (AvgIpc) is 2.48. The van der Waals surface area contributed by atoms with Crippen molar-refractivity contribution in [2.75, 3.05) is 0 Å². The van der Waals surface area contributed by atoms with E-state index in [0.717, 1.165) is 11.4 Å². The lowest BCUT2D eigenvalue weighted by molar-refractivity contribution is 1.53. The van der Waals surface area contributed by atoms with Gasteiger partial charge < -0.3 is 0 Å². The van der Waals surface area contributed by atoms with E-state index in [1.165, 1.54) is 6.08 Å². The molecule has 9 heavy (non-hydrogen) atoms. The highest BCUT2D eigenvalue weighted by atomic mass is 14.9. The Morgan fingerprint density at radius 2 is 2.33 bits per heavy atom. The van der Waals surface area contributed by atoms with Crippen molar-refractivity contribution in [1.82, 2.24) is 0 Å². The zero-order valence-electron chi connectivity index (χ0n) is 5.13. The summed E-state index contributed by atoms with van der Waals surface area (Å²) in [5.74, 6) is 0. The molecule has 0 radical (unpaired) electrons. The summed E-state index contributed by atoms with van der Waals surface area (Å²) in [6, 6.07) is 1.89.